The zero-order valence-electron chi connectivity index (χ0n) is 11.1. The molecule has 0 spiro atoms. The van der Waals surface area contributed by atoms with Gasteiger partial charge in [0.1, 0.15) is 11.5 Å². The predicted molar refractivity (Wildman–Crippen MR) is 81.9 cm³/mol. The minimum Gasteiger partial charge on any atom is -0.378 e. The summed E-state index contributed by atoms with van der Waals surface area (Å²) < 4.78 is 8.04. The zero-order valence-corrected chi connectivity index (χ0v) is 13.3. The van der Waals surface area contributed by atoms with Crippen molar-refractivity contribution in [2.45, 2.75) is 20.1 Å². The molecule has 0 saturated heterocycles. The van der Waals surface area contributed by atoms with Crippen LogP contribution in [0, 0.1) is 3.57 Å². The largest absolute Gasteiger partial charge is 0.378 e. The van der Waals surface area contributed by atoms with E-state index < -0.39 is 0 Å². The number of nitrogens with one attached hydrogen (secondary N) is 1. The van der Waals surface area contributed by atoms with Crippen molar-refractivity contribution in [2.75, 3.05) is 19.5 Å². The van der Waals surface area contributed by atoms with Crippen molar-refractivity contribution in [3.05, 3.63) is 21.5 Å². The third-order valence-electron chi connectivity index (χ3n) is 2.68. The number of aryl methyl sites for hydroxylation is 1. The highest BCUT2D eigenvalue weighted by atomic mass is 127. The summed E-state index contributed by atoms with van der Waals surface area (Å²) in [6.45, 7) is 3.28. The Bertz CT molecular complexity index is 569. The molecule has 2 aromatic rings. The van der Waals surface area contributed by atoms with E-state index in [2.05, 4.69) is 43.0 Å². The van der Waals surface area contributed by atoms with Gasteiger partial charge in [-0.05, 0) is 35.6 Å². The van der Waals surface area contributed by atoms with Crippen LogP contribution in [0.5, 0.6) is 0 Å². The Hall–Kier alpha value is -1.22. The van der Waals surface area contributed by atoms with Gasteiger partial charge in [-0.2, -0.15) is 5.10 Å². The third-order valence-corrected chi connectivity index (χ3v) is 3.82. The SMILES string of the molecule is CCn1nccc1-c1nc(COC)c(I)c(NC)n1. The second-order valence-corrected chi connectivity index (χ2v) is 4.95. The first-order valence-corrected chi connectivity index (χ1v) is 7.04. The minimum atomic E-state index is 0.461. The highest BCUT2D eigenvalue weighted by Crippen LogP contribution is 2.24. The molecule has 0 saturated carbocycles. The quantitative estimate of drug-likeness (QED) is 0.814. The average Bonchev–Trinajstić information content (AvgIpc) is 2.89. The number of halogens is 1. The molecule has 0 aliphatic carbocycles. The van der Waals surface area contributed by atoms with Crippen molar-refractivity contribution in [3.8, 4) is 11.5 Å². The molecular formula is C12H16IN5O. The normalized spacial score (nSPS) is 10.7. The van der Waals surface area contributed by atoms with Crippen LogP contribution < -0.4 is 5.32 Å². The van der Waals surface area contributed by atoms with Gasteiger partial charge in [0.05, 0.1) is 15.9 Å². The molecule has 0 aliphatic heterocycles. The Labute approximate surface area is 125 Å². The summed E-state index contributed by atoms with van der Waals surface area (Å²) in [7, 11) is 3.51. The van der Waals surface area contributed by atoms with E-state index in [1.165, 1.54) is 0 Å². The summed E-state index contributed by atoms with van der Waals surface area (Å²) in [6.07, 6.45) is 1.76. The van der Waals surface area contributed by atoms with E-state index in [1.54, 1.807) is 13.3 Å². The van der Waals surface area contributed by atoms with Crippen molar-refractivity contribution in [2.24, 2.45) is 0 Å². The average molecular weight is 373 g/mol. The summed E-state index contributed by atoms with van der Waals surface area (Å²) in [5.74, 6) is 1.47. The van der Waals surface area contributed by atoms with Crippen LogP contribution in [0.2, 0.25) is 0 Å². The van der Waals surface area contributed by atoms with E-state index in [0.29, 0.717) is 12.4 Å². The Morgan fingerprint density at radius 2 is 2.21 bits per heavy atom. The highest BCUT2D eigenvalue weighted by Gasteiger charge is 2.14. The molecule has 0 amide bonds. The Kier molecular flexibility index (Phi) is 4.70. The first-order chi connectivity index (χ1) is 9.21. The number of aromatic nitrogens is 4. The fraction of sp³-hybridized carbons (Fsp3) is 0.417. The third kappa shape index (κ3) is 2.86. The molecule has 0 fully saturated rings. The van der Waals surface area contributed by atoms with Gasteiger partial charge in [0, 0.05) is 26.9 Å². The van der Waals surface area contributed by atoms with Crippen molar-refractivity contribution in [1.29, 1.82) is 0 Å². The van der Waals surface area contributed by atoms with Crippen LogP contribution in [0.3, 0.4) is 0 Å². The number of nitrogens with zero attached hydrogens (tertiary/aromatic N) is 4. The number of hydrogen-bond donors (Lipinski definition) is 1. The van der Waals surface area contributed by atoms with Gasteiger partial charge in [0.25, 0.3) is 0 Å². The van der Waals surface area contributed by atoms with Crippen molar-refractivity contribution >= 4 is 28.4 Å². The first kappa shape index (κ1) is 14.2. The van der Waals surface area contributed by atoms with Crippen molar-refractivity contribution in [3.63, 3.8) is 0 Å². The molecule has 19 heavy (non-hydrogen) atoms. The van der Waals surface area contributed by atoms with E-state index >= 15 is 0 Å². The molecule has 0 radical (unpaired) electrons. The molecule has 0 atom stereocenters. The maximum absolute atomic E-state index is 5.19. The van der Waals surface area contributed by atoms with E-state index in [1.807, 2.05) is 24.7 Å². The van der Waals surface area contributed by atoms with Crippen LogP contribution >= 0.6 is 22.6 Å². The fourth-order valence-electron chi connectivity index (χ4n) is 1.78. The maximum atomic E-state index is 5.19. The van der Waals surface area contributed by atoms with Gasteiger partial charge in [0.2, 0.25) is 0 Å². The lowest BCUT2D eigenvalue weighted by Gasteiger charge is -2.11. The summed E-state index contributed by atoms with van der Waals surface area (Å²) >= 11 is 2.23. The van der Waals surface area contributed by atoms with Crippen molar-refractivity contribution in [1.82, 2.24) is 19.7 Å². The highest BCUT2D eigenvalue weighted by molar-refractivity contribution is 14.1. The molecule has 2 heterocycles. The van der Waals surface area contributed by atoms with Crippen LogP contribution in [0.4, 0.5) is 5.82 Å². The zero-order chi connectivity index (χ0) is 13.8. The van der Waals surface area contributed by atoms with Crippen LogP contribution in [-0.4, -0.2) is 33.9 Å². The lowest BCUT2D eigenvalue weighted by Crippen LogP contribution is -2.08. The minimum absolute atomic E-state index is 0.461. The molecule has 0 unspecified atom stereocenters. The van der Waals surface area contributed by atoms with E-state index in [9.17, 15) is 0 Å². The van der Waals surface area contributed by atoms with E-state index in [-0.39, 0.29) is 0 Å². The van der Waals surface area contributed by atoms with Crippen LogP contribution in [0.25, 0.3) is 11.5 Å². The monoisotopic (exact) mass is 373 g/mol. The van der Waals surface area contributed by atoms with Crippen molar-refractivity contribution < 1.29 is 4.74 Å². The Morgan fingerprint density at radius 1 is 1.42 bits per heavy atom. The number of methoxy groups -OCH3 is 1. The van der Waals surface area contributed by atoms with Gasteiger partial charge >= 0.3 is 0 Å². The van der Waals surface area contributed by atoms with E-state index in [0.717, 1.165) is 27.3 Å². The second kappa shape index (κ2) is 6.29. The van der Waals surface area contributed by atoms with Gasteiger partial charge in [-0.1, -0.05) is 0 Å². The maximum Gasteiger partial charge on any atom is 0.180 e. The molecule has 6 nitrogen and oxygen atoms in total. The van der Waals surface area contributed by atoms with Gasteiger partial charge < -0.3 is 10.1 Å². The fourth-order valence-corrected chi connectivity index (χ4v) is 2.45. The summed E-state index contributed by atoms with van der Waals surface area (Å²) in [5.41, 5.74) is 1.79. The molecule has 0 aliphatic rings. The number of ether oxygens (including phenoxy) is 1. The topological polar surface area (TPSA) is 64.9 Å². The first-order valence-electron chi connectivity index (χ1n) is 5.96. The molecule has 1 N–H and O–H groups in total. The molecule has 0 aromatic carbocycles. The second-order valence-electron chi connectivity index (χ2n) is 3.87. The van der Waals surface area contributed by atoms with Gasteiger partial charge in [-0.25, -0.2) is 9.97 Å². The van der Waals surface area contributed by atoms with E-state index in [4.69, 9.17) is 4.74 Å². The molecule has 2 aromatic heterocycles. The van der Waals surface area contributed by atoms with Crippen LogP contribution in [0.1, 0.15) is 12.6 Å². The standard InChI is InChI=1S/C12H16IN5O/c1-4-18-9(5-6-15-18)11-16-8(7-19-3)10(13)12(14-2)17-11/h5-6H,4,7H2,1-3H3,(H,14,16,17). The molecular weight excluding hydrogens is 357 g/mol. The summed E-state index contributed by atoms with van der Waals surface area (Å²) in [6, 6.07) is 1.92. The lowest BCUT2D eigenvalue weighted by molar-refractivity contribution is 0.181. The summed E-state index contributed by atoms with van der Waals surface area (Å²) in [5, 5.41) is 7.34. The van der Waals surface area contributed by atoms with Gasteiger partial charge in [0.15, 0.2) is 5.82 Å². The lowest BCUT2D eigenvalue weighted by atomic mass is 10.3. The summed E-state index contributed by atoms with van der Waals surface area (Å²) in [4.78, 5) is 9.12. The Morgan fingerprint density at radius 3 is 2.84 bits per heavy atom. The molecule has 0 bridgehead atoms. The van der Waals surface area contributed by atoms with Gasteiger partial charge in [-0.3, -0.25) is 4.68 Å². The number of rotatable bonds is 5. The van der Waals surface area contributed by atoms with Crippen LogP contribution in [0.15, 0.2) is 12.3 Å². The number of anilines is 1. The smallest absolute Gasteiger partial charge is 0.180 e. The molecule has 102 valence electrons. The molecule has 7 heteroatoms. The van der Waals surface area contributed by atoms with Crippen LogP contribution in [-0.2, 0) is 17.9 Å². The van der Waals surface area contributed by atoms with Gasteiger partial charge in [-0.15, -0.1) is 0 Å². The number of hydrogen-bond acceptors (Lipinski definition) is 5. The molecule has 2 rings (SSSR count). The Balaban J connectivity index is 2.54. The predicted octanol–water partition coefficient (Wildman–Crippen LogP) is 2.15.